The molecule has 39 heavy (non-hydrogen) atoms. The molecule has 1 saturated heterocycles. The topological polar surface area (TPSA) is 96.3 Å². The third-order valence-corrected chi connectivity index (χ3v) is 7.84. The molecular formula is C31H47N5O3. The van der Waals surface area contributed by atoms with Gasteiger partial charge in [-0.1, -0.05) is 45.2 Å². The number of likely N-dealkylation sites (N-methyl/N-ethyl adjacent to an activating group) is 1. The predicted octanol–water partition coefficient (Wildman–Crippen LogP) is 4.11. The maximum atomic E-state index is 13.1. The first-order chi connectivity index (χ1) is 18.8. The van der Waals surface area contributed by atoms with Crippen molar-refractivity contribution < 1.29 is 14.4 Å². The minimum Gasteiger partial charge on any atom is -0.342 e. The van der Waals surface area contributed by atoms with Crippen LogP contribution in [0.25, 0.3) is 0 Å². The van der Waals surface area contributed by atoms with E-state index in [4.69, 9.17) is 0 Å². The Kier molecular flexibility index (Phi) is 12.3. The number of Topliss-reactive ketones (excluding diaryl/α,β-unsaturated/α-hetero) is 1. The molecular weight excluding hydrogens is 490 g/mol. The minimum atomic E-state index is -0.350. The fourth-order valence-corrected chi connectivity index (χ4v) is 5.68. The minimum absolute atomic E-state index is 0.0589. The predicted molar refractivity (Wildman–Crippen MR) is 155 cm³/mol. The van der Waals surface area contributed by atoms with Crippen molar-refractivity contribution in [3.63, 3.8) is 0 Å². The molecule has 0 radical (unpaired) electrons. The number of likely N-dealkylation sites (tertiary alicyclic amines) is 1. The van der Waals surface area contributed by atoms with Crippen molar-refractivity contribution in [1.29, 1.82) is 0 Å². The van der Waals surface area contributed by atoms with Crippen molar-refractivity contribution in [3.8, 4) is 0 Å². The molecule has 0 bridgehead atoms. The second-order valence-electron chi connectivity index (χ2n) is 11.5. The summed E-state index contributed by atoms with van der Waals surface area (Å²) in [6.07, 6.45) is 12.5. The van der Waals surface area contributed by atoms with Crippen molar-refractivity contribution in [2.75, 3.05) is 26.7 Å². The van der Waals surface area contributed by atoms with Gasteiger partial charge < -0.3 is 20.3 Å². The molecule has 2 aliphatic rings. The Hall–Kier alpha value is -2.84. The second kappa shape index (κ2) is 15.7. The van der Waals surface area contributed by atoms with E-state index in [9.17, 15) is 14.4 Å². The highest BCUT2D eigenvalue weighted by Crippen LogP contribution is 2.29. The van der Waals surface area contributed by atoms with Gasteiger partial charge in [0.2, 0.25) is 0 Å². The fourth-order valence-electron chi connectivity index (χ4n) is 5.68. The van der Waals surface area contributed by atoms with Crippen molar-refractivity contribution in [2.45, 2.75) is 77.3 Å². The lowest BCUT2D eigenvalue weighted by Crippen LogP contribution is -2.48. The molecule has 4 rings (SSSR count). The van der Waals surface area contributed by atoms with Crippen LogP contribution in [0.3, 0.4) is 0 Å². The number of piperidine rings is 1. The summed E-state index contributed by atoms with van der Waals surface area (Å²) in [7, 11) is 4.03. The van der Waals surface area contributed by atoms with Crippen molar-refractivity contribution in [2.24, 2.45) is 18.9 Å². The number of carbonyl (C=O) groups excluding carboxylic acids is 3. The summed E-state index contributed by atoms with van der Waals surface area (Å²) in [5.74, 6) is 0.776. The smallest absolute Gasteiger partial charge is 0.251 e. The first-order valence-electron chi connectivity index (χ1n) is 14.5. The molecule has 0 spiro atoms. The third kappa shape index (κ3) is 9.69. The zero-order valence-electron chi connectivity index (χ0n) is 24.2. The van der Waals surface area contributed by atoms with E-state index in [2.05, 4.69) is 33.7 Å². The number of amides is 1. The van der Waals surface area contributed by atoms with Crippen LogP contribution >= 0.6 is 0 Å². The first-order valence-corrected chi connectivity index (χ1v) is 14.5. The number of rotatable bonds is 10. The van der Waals surface area contributed by atoms with Crippen molar-refractivity contribution >= 4 is 18.0 Å². The molecule has 8 heteroatoms. The number of aldehydes is 1. The van der Waals surface area contributed by atoms with E-state index in [1.807, 2.05) is 45.3 Å². The van der Waals surface area contributed by atoms with Gasteiger partial charge in [0.1, 0.15) is 6.29 Å². The monoisotopic (exact) mass is 537 g/mol. The third-order valence-electron chi connectivity index (χ3n) is 7.84. The highest BCUT2D eigenvalue weighted by molar-refractivity contribution is 5.98. The van der Waals surface area contributed by atoms with E-state index in [1.165, 1.54) is 24.8 Å². The molecule has 2 heterocycles. The average molecular weight is 538 g/mol. The van der Waals surface area contributed by atoms with Crippen LogP contribution in [0, 0.1) is 11.8 Å². The summed E-state index contributed by atoms with van der Waals surface area (Å²) in [6.45, 7) is 7.16. The van der Waals surface area contributed by atoms with Gasteiger partial charge in [-0.2, -0.15) is 5.10 Å². The molecule has 1 aromatic carbocycles. The Balaban J connectivity index is 0.000000320. The molecule has 2 unspecified atom stereocenters. The Labute approximate surface area is 233 Å². The maximum Gasteiger partial charge on any atom is 0.251 e. The lowest BCUT2D eigenvalue weighted by atomic mass is 9.80. The molecule has 214 valence electrons. The Morgan fingerprint density at radius 2 is 1.87 bits per heavy atom. The van der Waals surface area contributed by atoms with Crippen LogP contribution in [-0.2, 0) is 23.2 Å². The Morgan fingerprint density at radius 3 is 2.51 bits per heavy atom. The second-order valence-corrected chi connectivity index (χ2v) is 11.5. The van der Waals surface area contributed by atoms with Gasteiger partial charge in [0, 0.05) is 43.4 Å². The first kappa shape index (κ1) is 30.7. The van der Waals surface area contributed by atoms with Gasteiger partial charge in [0.05, 0.1) is 18.8 Å². The molecule has 1 saturated carbocycles. The number of nitrogens with one attached hydrogen (secondary N) is 2. The van der Waals surface area contributed by atoms with Gasteiger partial charge >= 0.3 is 0 Å². The van der Waals surface area contributed by atoms with Crippen LogP contribution in [0.1, 0.15) is 86.2 Å². The summed E-state index contributed by atoms with van der Waals surface area (Å²) in [6, 6.07) is 7.69. The van der Waals surface area contributed by atoms with Crippen LogP contribution < -0.4 is 10.6 Å². The Bertz CT molecular complexity index is 1060. The summed E-state index contributed by atoms with van der Waals surface area (Å²) in [5, 5.41) is 10.1. The van der Waals surface area contributed by atoms with E-state index in [-0.39, 0.29) is 29.6 Å². The molecule has 2 aromatic rings. The van der Waals surface area contributed by atoms with Crippen LogP contribution in [0.2, 0.25) is 0 Å². The van der Waals surface area contributed by atoms with Crippen molar-refractivity contribution in [1.82, 2.24) is 25.3 Å². The zero-order valence-corrected chi connectivity index (χ0v) is 24.2. The highest BCUT2D eigenvalue weighted by Gasteiger charge is 2.32. The molecule has 1 aliphatic heterocycles. The van der Waals surface area contributed by atoms with Gasteiger partial charge in [-0.3, -0.25) is 14.3 Å². The van der Waals surface area contributed by atoms with E-state index in [0.717, 1.165) is 50.6 Å². The molecule has 1 aliphatic carbocycles. The van der Waals surface area contributed by atoms with Gasteiger partial charge in [0.25, 0.3) is 5.91 Å². The quantitative estimate of drug-likeness (QED) is 0.350. The molecule has 1 amide bonds. The van der Waals surface area contributed by atoms with E-state index >= 15 is 0 Å². The maximum absolute atomic E-state index is 13.1. The number of carbonyl (C=O) groups is 3. The van der Waals surface area contributed by atoms with Crippen LogP contribution in [0.4, 0.5) is 0 Å². The van der Waals surface area contributed by atoms with Gasteiger partial charge in [0.15, 0.2) is 5.78 Å². The van der Waals surface area contributed by atoms with Gasteiger partial charge in [-0.25, -0.2) is 0 Å². The number of aryl methyl sites for hydroxylation is 1. The largest absolute Gasteiger partial charge is 0.342 e. The van der Waals surface area contributed by atoms with E-state index in [1.54, 1.807) is 10.9 Å². The number of hydrogen-bond acceptors (Lipinski definition) is 6. The lowest BCUT2D eigenvalue weighted by molar-refractivity contribution is -0.125. The standard InChI is InChI=1S/C24H36N2O2.C7H11N3O/c1-17(2)23(27)22(18-9-5-4-6-10-18)25-24(28)20-12-7-11-19(15-20)21-13-8-14-26(3)16-21;1-10-6-7(5-9-10)4-8-2-3-11/h7,11-12,15,17-18,21-22H,4-6,8-10,13-14,16H2,1-3H3,(H,25,28);3,5-6,8H,2,4H2,1H3. The van der Waals surface area contributed by atoms with E-state index < -0.39 is 0 Å². The normalized spacial score (nSPS) is 19.2. The van der Waals surface area contributed by atoms with Gasteiger partial charge in [-0.05, 0) is 68.8 Å². The summed E-state index contributed by atoms with van der Waals surface area (Å²) < 4.78 is 1.73. The number of benzene rings is 1. The average Bonchev–Trinajstić information content (AvgIpc) is 3.37. The van der Waals surface area contributed by atoms with Crippen LogP contribution in [0.15, 0.2) is 36.7 Å². The zero-order chi connectivity index (χ0) is 28.2. The summed E-state index contributed by atoms with van der Waals surface area (Å²) in [5.41, 5.74) is 3.01. The Morgan fingerprint density at radius 1 is 1.10 bits per heavy atom. The lowest BCUT2D eigenvalue weighted by Gasteiger charge is -2.31. The summed E-state index contributed by atoms with van der Waals surface area (Å²) in [4.78, 5) is 38.2. The fraction of sp³-hybridized carbons (Fsp3) is 0.613. The molecule has 8 nitrogen and oxygen atoms in total. The molecule has 2 fully saturated rings. The van der Waals surface area contributed by atoms with Crippen LogP contribution in [-0.4, -0.2) is 65.4 Å². The number of nitrogens with zero attached hydrogens (tertiary/aromatic N) is 3. The molecule has 1 aromatic heterocycles. The number of aromatic nitrogens is 2. The highest BCUT2D eigenvalue weighted by atomic mass is 16.2. The van der Waals surface area contributed by atoms with E-state index in [0.29, 0.717) is 24.6 Å². The number of hydrogen-bond donors (Lipinski definition) is 2. The van der Waals surface area contributed by atoms with Gasteiger partial charge in [-0.15, -0.1) is 0 Å². The molecule has 2 atom stereocenters. The van der Waals surface area contributed by atoms with Crippen molar-refractivity contribution in [3.05, 3.63) is 53.3 Å². The summed E-state index contributed by atoms with van der Waals surface area (Å²) >= 11 is 0. The van der Waals surface area contributed by atoms with Crippen LogP contribution in [0.5, 0.6) is 0 Å². The SMILES string of the molecule is CC(C)C(=O)C(NC(=O)c1cccc(C2CCCN(C)C2)c1)C1CCCCC1.Cn1cc(CNCC=O)cn1. The number of ketones is 1. The molecule has 2 N–H and O–H groups in total.